The lowest BCUT2D eigenvalue weighted by Crippen LogP contribution is -2.42. The third kappa shape index (κ3) is 3.13. The van der Waals surface area contributed by atoms with Crippen LogP contribution in [0.1, 0.15) is 46.0 Å². The van der Waals surface area contributed by atoms with Crippen molar-refractivity contribution in [2.75, 3.05) is 19.6 Å². The normalized spacial score (nSPS) is 32.6. The molecule has 3 nitrogen and oxygen atoms in total. The molecule has 0 spiro atoms. The standard InChI is InChI=1S/C16H28N2O/c1-11(2)14-9-18(8-12-4-3-5-12)10-15(14)17-16(19)13-6-7-13/h11-15H,3-10H2,1-2H3,(H,17,19). The van der Waals surface area contributed by atoms with E-state index in [1.165, 1.54) is 32.4 Å². The van der Waals surface area contributed by atoms with Crippen LogP contribution in [0.2, 0.25) is 0 Å². The Morgan fingerprint density at radius 1 is 1.21 bits per heavy atom. The summed E-state index contributed by atoms with van der Waals surface area (Å²) in [4.78, 5) is 14.6. The highest BCUT2D eigenvalue weighted by Gasteiger charge is 2.39. The van der Waals surface area contributed by atoms with E-state index in [4.69, 9.17) is 0 Å². The Morgan fingerprint density at radius 3 is 2.47 bits per heavy atom. The summed E-state index contributed by atoms with van der Waals surface area (Å²) in [6.07, 6.45) is 6.48. The van der Waals surface area contributed by atoms with Gasteiger partial charge in [0.05, 0.1) is 0 Å². The molecule has 2 atom stereocenters. The predicted molar refractivity (Wildman–Crippen MR) is 76.8 cm³/mol. The van der Waals surface area contributed by atoms with Crippen molar-refractivity contribution in [3.63, 3.8) is 0 Å². The third-order valence-corrected chi connectivity index (χ3v) is 5.31. The van der Waals surface area contributed by atoms with E-state index in [0.717, 1.165) is 25.3 Å². The van der Waals surface area contributed by atoms with E-state index in [1.54, 1.807) is 0 Å². The van der Waals surface area contributed by atoms with Crippen molar-refractivity contribution >= 4 is 5.91 Å². The molecule has 1 amide bonds. The summed E-state index contributed by atoms with van der Waals surface area (Å²) in [5.41, 5.74) is 0. The van der Waals surface area contributed by atoms with Crippen molar-refractivity contribution in [1.82, 2.24) is 10.2 Å². The molecule has 3 aliphatic rings. The van der Waals surface area contributed by atoms with Crippen LogP contribution in [-0.4, -0.2) is 36.5 Å². The Balaban J connectivity index is 1.54. The number of carbonyl (C=O) groups is 1. The first-order chi connectivity index (χ1) is 9.13. The van der Waals surface area contributed by atoms with E-state index >= 15 is 0 Å². The van der Waals surface area contributed by atoms with Crippen LogP contribution in [0.15, 0.2) is 0 Å². The summed E-state index contributed by atoms with van der Waals surface area (Å²) < 4.78 is 0. The molecule has 2 saturated carbocycles. The minimum atomic E-state index is 0.321. The Morgan fingerprint density at radius 2 is 1.95 bits per heavy atom. The van der Waals surface area contributed by atoms with E-state index < -0.39 is 0 Å². The molecule has 0 aromatic carbocycles. The Labute approximate surface area is 117 Å². The van der Waals surface area contributed by atoms with Crippen molar-refractivity contribution < 1.29 is 4.79 Å². The quantitative estimate of drug-likeness (QED) is 0.826. The van der Waals surface area contributed by atoms with Crippen molar-refractivity contribution in [3.05, 3.63) is 0 Å². The maximum absolute atomic E-state index is 12.0. The van der Waals surface area contributed by atoms with Gasteiger partial charge in [0.2, 0.25) is 5.91 Å². The van der Waals surface area contributed by atoms with Gasteiger partial charge in [0.15, 0.2) is 0 Å². The number of nitrogens with zero attached hydrogens (tertiary/aromatic N) is 1. The van der Waals surface area contributed by atoms with Gasteiger partial charge in [-0.1, -0.05) is 20.3 Å². The lowest BCUT2D eigenvalue weighted by molar-refractivity contribution is -0.123. The molecule has 0 aromatic heterocycles. The van der Waals surface area contributed by atoms with E-state index in [0.29, 0.717) is 29.7 Å². The van der Waals surface area contributed by atoms with Crippen LogP contribution in [0.25, 0.3) is 0 Å². The fourth-order valence-corrected chi connectivity index (χ4v) is 3.58. The van der Waals surface area contributed by atoms with Gasteiger partial charge in [-0.05, 0) is 43.4 Å². The zero-order valence-corrected chi connectivity index (χ0v) is 12.4. The highest BCUT2D eigenvalue weighted by Crippen LogP contribution is 2.33. The number of hydrogen-bond acceptors (Lipinski definition) is 2. The first kappa shape index (κ1) is 13.4. The molecule has 2 aliphatic carbocycles. The summed E-state index contributed by atoms with van der Waals surface area (Å²) in [5.74, 6) is 2.90. The second-order valence-corrected chi connectivity index (χ2v) is 7.31. The van der Waals surface area contributed by atoms with Gasteiger partial charge in [-0.2, -0.15) is 0 Å². The summed E-state index contributed by atoms with van der Waals surface area (Å²) in [5, 5.41) is 3.33. The third-order valence-electron chi connectivity index (χ3n) is 5.31. The first-order valence-electron chi connectivity index (χ1n) is 8.16. The van der Waals surface area contributed by atoms with E-state index in [1.807, 2.05) is 0 Å². The van der Waals surface area contributed by atoms with Crippen LogP contribution < -0.4 is 5.32 Å². The largest absolute Gasteiger partial charge is 0.352 e. The molecule has 0 bridgehead atoms. The molecule has 2 unspecified atom stereocenters. The molecular formula is C16H28N2O. The second-order valence-electron chi connectivity index (χ2n) is 7.31. The maximum Gasteiger partial charge on any atom is 0.223 e. The fraction of sp³-hybridized carbons (Fsp3) is 0.938. The van der Waals surface area contributed by atoms with Gasteiger partial charge in [-0.25, -0.2) is 0 Å². The SMILES string of the molecule is CC(C)C1CN(CC2CCC2)CC1NC(=O)C1CC1. The summed E-state index contributed by atoms with van der Waals surface area (Å²) in [7, 11) is 0. The van der Waals surface area contributed by atoms with Gasteiger partial charge >= 0.3 is 0 Å². The van der Waals surface area contributed by atoms with Crippen molar-refractivity contribution in [1.29, 1.82) is 0 Å². The van der Waals surface area contributed by atoms with Crippen LogP contribution in [-0.2, 0) is 4.79 Å². The van der Waals surface area contributed by atoms with Crippen molar-refractivity contribution in [2.45, 2.75) is 52.0 Å². The smallest absolute Gasteiger partial charge is 0.223 e. The molecule has 0 radical (unpaired) electrons. The average molecular weight is 264 g/mol. The molecule has 1 aliphatic heterocycles. The first-order valence-corrected chi connectivity index (χ1v) is 8.16. The summed E-state index contributed by atoms with van der Waals surface area (Å²) in [6, 6.07) is 0.396. The Hall–Kier alpha value is -0.570. The molecular weight excluding hydrogens is 236 g/mol. The van der Waals surface area contributed by atoms with E-state index in [2.05, 4.69) is 24.1 Å². The minimum absolute atomic E-state index is 0.321. The number of likely N-dealkylation sites (tertiary alicyclic amines) is 1. The van der Waals surface area contributed by atoms with Crippen LogP contribution in [0.3, 0.4) is 0 Å². The molecule has 1 saturated heterocycles. The van der Waals surface area contributed by atoms with E-state index in [-0.39, 0.29) is 0 Å². The molecule has 3 fully saturated rings. The fourth-order valence-electron chi connectivity index (χ4n) is 3.58. The summed E-state index contributed by atoms with van der Waals surface area (Å²) >= 11 is 0. The maximum atomic E-state index is 12.0. The van der Waals surface area contributed by atoms with Gasteiger partial charge in [0.1, 0.15) is 0 Å². The van der Waals surface area contributed by atoms with Gasteiger partial charge < -0.3 is 10.2 Å². The molecule has 1 N–H and O–H groups in total. The molecule has 3 rings (SSSR count). The average Bonchev–Trinajstić information content (AvgIpc) is 3.07. The monoisotopic (exact) mass is 264 g/mol. The molecule has 0 aromatic rings. The van der Waals surface area contributed by atoms with Crippen LogP contribution in [0.4, 0.5) is 0 Å². The van der Waals surface area contributed by atoms with Crippen molar-refractivity contribution in [2.24, 2.45) is 23.7 Å². The summed E-state index contributed by atoms with van der Waals surface area (Å²) in [6.45, 7) is 8.13. The lowest BCUT2D eigenvalue weighted by atomic mass is 9.85. The topological polar surface area (TPSA) is 32.3 Å². The van der Waals surface area contributed by atoms with E-state index in [9.17, 15) is 4.79 Å². The highest BCUT2D eigenvalue weighted by atomic mass is 16.2. The van der Waals surface area contributed by atoms with Gasteiger partial charge in [0.25, 0.3) is 0 Å². The molecule has 3 heteroatoms. The molecule has 19 heavy (non-hydrogen) atoms. The minimum Gasteiger partial charge on any atom is -0.352 e. The number of rotatable bonds is 5. The number of carbonyl (C=O) groups excluding carboxylic acids is 1. The van der Waals surface area contributed by atoms with Crippen LogP contribution >= 0.6 is 0 Å². The number of nitrogens with one attached hydrogen (secondary N) is 1. The Kier molecular flexibility index (Phi) is 3.84. The lowest BCUT2D eigenvalue weighted by Gasteiger charge is -2.30. The number of hydrogen-bond donors (Lipinski definition) is 1. The van der Waals surface area contributed by atoms with Gasteiger partial charge in [-0.3, -0.25) is 4.79 Å². The van der Waals surface area contributed by atoms with Gasteiger partial charge in [0, 0.05) is 31.6 Å². The second kappa shape index (κ2) is 5.43. The highest BCUT2D eigenvalue weighted by molar-refractivity contribution is 5.81. The van der Waals surface area contributed by atoms with Crippen molar-refractivity contribution in [3.8, 4) is 0 Å². The Bertz CT molecular complexity index is 334. The predicted octanol–water partition coefficient (Wildman–Crippen LogP) is 2.27. The zero-order chi connectivity index (χ0) is 13.4. The van der Waals surface area contributed by atoms with Gasteiger partial charge in [-0.15, -0.1) is 0 Å². The van der Waals surface area contributed by atoms with Crippen LogP contribution in [0.5, 0.6) is 0 Å². The molecule has 108 valence electrons. The number of amides is 1. The van der Waals surface area contributed by atoms with Crippen LogP contribution in [0, 0.1) is 23.7 Å². The zero-order valence-electron chi connectivity index (χ0n) is 12.4. The molecule has 1 heterocycles.